The van der Waals surface area contributed by atoms with E-state index in [0.29, 0.717) is 11.4 Å². The average molecular weight is 326 g/mol. The average Bonchev–Trinajstić information content (AvgIpc) is 2.76. The lowest BCUT2D eigenvalue weighted by atomic mass is 10.2. The Balaban J connectivity index is 2.04. The largest absolute Gasteiger partial charge is 0.477 e. The fourth-order valence-corrected chi connectivity index (χ4v) is 2.95. The van der Waals surface area contributed by atoms with Gasteiger partial charge in [-0.2, -0.15) is 0 Å². The number of carboxylic acid groups (broad SMARTS) is 1. The summed E-state index contributed by atoms with van der Waals surface area (Å²) in [5.74, 6) is -0.872. The third kappa shape index (κ3) is 3.11. The molecule has 0 atom stereocenters. The molecular weight excluding hydrogens is 314 g/mol. The molecular formula is C13H12BrNO2S. The fraction of sp³-hybridized carbons (Fsp3) is 0.154. The van der Waals surface area contributed by atoms with E-state index in [4.69, 9.17) is 5.11 Å². The monoisotopic (exact) mass is 325 g/mol. The molecule has 3 nitrogen and oxygen atoms in total. The van der Waals surface area contributed by atoms with Crippen molar-refractivity contribution in [3.05, 3.63) is 50.1 Å². The number of carbonyl (C=O) groups is 1. The molecule has 0 spiro atoms. The summed E-state index contributed by atoms with van der Waals surface area (Å²) < 4.78 is 1.01. The van der Waals surface area contributed by atoms with Gasteiger partial charge in [-0.3, -0.25) is 0 Å². The molecule has 94 valence electrons. The summed E-state index contributed by atoms with van der Waals surface area (Å²) >= 11 is 4.79. The van der Waals surface area contributed by atoms with Crippen LogP contribution in [0.3, 0.4) is 0 Å². The highest BCUT2D eigenvalue weighted by molar-refractivity contribution is 9.10. The second-order valence-electron chi connectivity index (χ2n) is 3.91. The van der Waals surface area contributed by atoms with Gasteiger partial charge in [-0.05, 0) is 52.7 Å². The Kier molecular flexibility index (Phi) is 4.04. The number of carboxylic acids is 1. The molecule has 0 unspecified atom stereocenters. The summed E-state index contributed by atoms with van der Waals surface area (Å²) in [5.41, 5.74) is 2.20. The van der Waals surface area contributed by atoms with Gasteiger partial charge in [0.15, 0.2) is 0 Å². The molecule has 2 rings (SSSR count). The summed E-state index contributed by atoms with van der Waals surface area (Å²) in [6, 6.07) is 9.55. The lowest BCUT2D eigenvalue weighted by molar-refractivity contribution is 0.0702. The molecule has 0 aliphatic heterocycles. The summed E-state index contributed by atoms with van der Waals surface area (Å²) in [6.45, 7) is 2.66. The quantitative estimate of drug-likeness (QED) is 0.888. The third-order valence-corrected chi connectivity index (χ3v) is 4.18. The summed E-state index contributed by atoms with van der Waals surface area (Å²) in [7, 11) is 0. The normalized spacial score (nSPS) is 10.3. The molecule has 0 fully saturated rings. The highest BCUT2D eigenvalue weighted by atomic mass is 79.9. The number of anilines is 1. The van der Waals surface area contributed by atoms with Crippen molar-refractivity contribution in [2.24, 2.45) is 0 Å². The van der Waals surface area contributed by atoms with Gasteiger partial charge in [-0.15, -0.1) is 11.3 Å². The lowest BCUT2D eigenvalue weighted by Gasteiger charge is -2.07. The van der Waals surface area contributed by atoms with E-state index in [2.05, 4.69) is 21.2 Å². The Hall–Kier alpha value is -1.33. The zero-order chi connectivity index (χ0) is 13.1. The van der Waals surface area contributed by atoms with Crippen LogP contribution in [0.15, 0.2) is 34.8 Å². The van der Waals surface area contributed by atoms with Crippen LogP contribution in [-0.4, -0.2) is 11.1 Å². The maximum atomic E-state index is 10.8. The zero-order valence-corrected chi connectivity index (χ0v) is 12.1. The second kappa shape index (κ2) is 5.54. The number of aromatic carboxylic acids is 1. The SMILES string of the molecule is Cc1ccc(NCc2ccc(C(=O)O)s2)c(Br)c1. The first-order chi connectivity index (χ1) is 8.56. The molecule has 2 N–H and O–H groups in total. The molecule has 0 aliphatic carbocycles. The molecule has 1 aromatic heterocycles. The highest BCUT2D eigenvalue weighted by Crippen LogP contribution is 2.25. The Bertz CT molecular complexity index is 580. The minimum Gasteiger partial charge on any atom is -0.477 e. The van der Waals surface area contributed by atoms with Crippen molar-refractivity contribution in [2.75, 3.05) is 5.32 Å². The number of hydrogen-bond acceptors (Lipinski definition) is 3. The predicted molar refractivity (Wildman–Crippen MR) is 77.5 cm³/mol. The zero-order valence-electron chi connectivity index (χ0n) is 9.74. The van der Waals surface area contributed by atoms with E-state index in [0.717, 1.165) is 15.0 Å². The number of halogens is 1. The van der Waals surface area contributed by atoms with E-state index < -0.39 is 5.97 Å². The van der Waals surface area contributed by atoms with Gasteiger partial charge in [-0.25, -0.2) is 4.79 Å². The Morgan fingerprint density at radius 1 is 1.39 bits per heavy atom. The molecule has 18 heavy (non-hydrogen) atoms. The van der Waals surface area contributed by atoms with Crippen LogP contribution in [0.4, 0.5) is 5.69 Å². The molecule has 2 aromatic rings. The van der Waals surface area contributed by atoms with Crippen molar-refractivity contribution in [1.29, 1.82) is 0 Å². The van der Waals surface area contributed by atoms with Crippen LogP contribution in [0.2, 0.25) is 0 Å². The van der Waals surface area contributed by atoms with Crippen LogP contribution in [0, 0.1) is 6.92 Å². The molecule has 1 aromatic carbocycles. The minimum atomic E-state index is -0.872. The Morgan fingerprint density at radius 2 is 2.17 bits per heavy atom. The molecule has 0 aliphatic rings. The number of nitrogens with one attached hydrogen (secondary N) is 1. The molecule has 0 saturated carbocycles. The maximum Gasteiger partial charge on any atom is 0.345 e. The van der Waals surface area contributed by atoms with Crippen molar-refractivity contribution in [2.45, 2.75) is 13.5 Å². The van der Waals surface area contributed by atoms with Crippen molar-refractivity contribution in [3.8, 4) is 0 Å². The van der Waals surface area contributed by atoms with Crippen molar-refractivity contribution in [1.82, 2.24) is 0 Å². The number of hydrogen-bond donors (Lipinski definition) is 2. The standard InChI is InChI=1S/C13H12BrNO2S/c1-8-2-4-11(10(14)6-8)15-7-9-3-5-12(18-9)13(16)17/h2-6,15H,7H2,1H3,(H,16,17). The first-order valence-corrected chi connectivity index (χ1v) is 6.99. The smallest absolute Gasteiger partial charge is 0.345 e. The van der Waals surface area contributed by atoms with Gasteiger partial charge < -0.3 is 10.4 Å². The first-order valence-electron chi connectivity index (χ1n) is 5.38. The van der Waals surface area contributed by atoms with E-state index in [1.165, 1.54) is 16.9 Å². The van der Waals surface area contributed by atoms with Crippen LogP contribution in [0.5, 0.6) is 0 Å². The predicted octanol–water partition coefficient (Wildman–Crippen LogP) is 4.13. The Morgan fingerprint density at radius 3 is 2.78 bits per heavy atom. The van der Waals surface area contributed by atoms with Gasteiger partial charge in [0.1, 0.15) is 4.88 Å². The topological polar surface area (TPSA) is 49.3 Å². The highest BCUT2D eigenvalue weighted by Gasteiger charge is 2.07. The van der Waals surface area contributed by atoms with Gasteiger partial charge in [-0.1, -0.05) is 6.07 Å². The lowest BCUT2D eigenvalue weighted by Crippen LogP contribution is -1.98. The van der Waals surface area contributed by atoms with Gasteiger partial charge in [0.25, 0.3) is 0 Å². The second-order valence-corrected chi connectivity index (χ2v) is 5.93. The maximum absolute atomic E-state index is 10.8. The van der Waals surface area contributed by atoms with E-state index >= 15 is 0 Å². The Labute approximate surface area is 118 Å². The summed E-state index contributed by atoms with van der Waals surface area (Å²) in [5, 5.41) is 12.1. The fourth-order valence-electron chi connectivity index (χ4n) is 1.53. The summed E-state index contributed by atoms with van der Waals surface area (Å²) in [6.07, 6.45) is 0. The molecule has 0 amide bonds. The number of rotatable bonds is 4. The van der Waals surface area contributed by atoms with Gasteiger partial charge in [0, 0.05) is 21.6 Å². The van der Waals surface area contributed by atoms with Gasteiger partial charge in [0.2, 0.25) is 0 Å². The van der Waals surface area contributed by atoms with Crippen LogP contribution in [0.1, 0.15) is 20.1 Å². The van der Waals surface area contributed by atoms with Gasteiger partial charge in [0.05, 0.1) is 0 Å². The van der Waals surface area contributed by atoms with Crippen molar-refractivity contribution >= 4 is 38.9 Å². The van der Waals surface area contributed by atoms with Crippen molar-refractivity contribution in [3.63, 3.8) is 0 Å². The molecule has 0 bridgehead atoms. The van der Waals surface area contributed by atoms with E-state index in [-0.39, 0.29) is 0 Å². The molecule has 0 radical (unpaired) electrons. The molecule has 5 heteroatoms. The van der Waals surface area contributed by atoms with Crippen molar-refractivity contribution < 1.29 is 9.90 Å². The van der Waals surface area contributed by atoms with E-state index in [9.17, 15) is 4.79 Å². The van der Waals surface area contributed by atoms with E-state index in [1.54, 1.807) is 6.07 Å². The van der Waals surface area contributed by atoms with Crippen LogP contribution in [0.25, 0.3) is 0 Å². The summed E-state index contributed by atoms with van der Waals surface area (Å²) in [4.78, 5) is 12.1. The van der Waals surface area contributed by atoms with Crippen LogP contribution in [-0.2, 0) is 6.54 Å². The first kappa shape index (κ1) is 13.1. The molecule has 1 heterocycles. The third-order valence-electron chi connectivity index (χ3n) is 2.45. The van der Waals surface area contributed by atoms with Crippen LogP contribution < -0.4 is 5.32 Å². The minimum absolute atomic E-state index is 0.370. The number of thiophene rings is 1. The van der Waals surface area contributed by atoms with E-state index in [1.807, 2.05) is 31.2 Å². The number of benzene rings is 1. The number of aryl methyl sites for hydroxylation is 1. The van der Waals surface area contributed by atoms with Gasteiger partial charge >= 0.3 is 5.97 Å². The molecule has 0 saturated heterocycles. The van der Waals surface area contributed by atoms with Crippen LogP contribution >= 0.6 is 27.3 Å².